The summed E-state index contributed by atoms with van der Waals surface area (Å²) >= 11 is 0. The first-order valence-electron chi connectivity index (χ1n) is 11.9. The number of esters is 1. The number of aliphatic hydroxyl groups is 2. The van der Waals surface area contributed by atoms with Crippen LogP contribution in [0.3, 0.4) is 0 Å². The number of rotatable bonds is 10. The van der Waals surface area contributed by atoms with Crippen LogP contribution < -0.4 is 0 Å². The highest BCUT2D eigenvalue weighted by Crippen LogP contribution is 2.45. The van der Waals surface area contributed by atoms with Gasteiger partial charge < -0.3 is 24.4 Å². The lowest BCUT2D eigenvalue weighted by atomic mass is 9.71. The molecule has 0 saturated carbocycles. The zero-order valence-electron chi connectivity index (χ0n) is 19.9. The van der Waals surface area contributed by atoms with Gasteiger partial charge >= 0.3 is 5.97 Å². The minimum absolute atomic E-state index is 0.00870. The largest absolute Gasteiger partial charge is 0.464 e. The Morgan fingerprint density at radius 1 is 0.800 bits per heavy atom. The van der Waals surface area contributed by atoms with E-state index in [0.717, 1.165) is 16.7 Å². The topological polar surface area (TPSA) is 85.2 Å². The molecule has 0 aromatic heterocycles. The van der Waals surface area contributed by atoms with Crippen LogP contribution in [0, 0.1) is 0 Å². The molecule has 4 atom stereocenters. The molecule has 3 aromatic carbocycles. The molecular formula is C29H32O6. The average Bonchev–Trinajstić information content (AvgIpc) is 3.07. The predicted molar refractivity (Wildman–Crippen MR) is 132 cm³/mol. The minimum Gasteiger partial charge on any atom is -0.464 e. The second-order valence-electron chi connectivity index (χ2n) is 8.93. The summed E-state index contributed by atoms with van der Waals surface area (Å²) in [6.45, 7) is 2.13. The molecule has 35 heavy (non-hydrogen) atoms. The molecule has 3 aromatic rings. The molecule has 0 amide bonds. The summed E-state index contributed by atoms with van der Waals surface area (Å²) in [4.78, 5) is 13.0. The van der Waals surface area contributed by atoms with Crippen LogP contribution >= 0.6 is 0 Å². The van der Waals surface area contributed by atoms with Crippen LogP contribution in [-0.2, 0) is 38.5 Å². The van der Waals surface area contributed by atoms with Crippen molar-refractivity contribution in [3.8, 4) is 0 Å². The fourth-order valence-corrected chi connectivity index (χ4v) is 4.73. The lowest BCUT2D eigenvalue weighted by Gasteiger charge is -2.41. The fraction of sp³-hybridized carbons (Fsp3) is 0.345. The molecule has 1 heterocycles. The van der Waals surface area contributed by atoms with Gasteiger partial charge in [0.25, 0.3) is 0 Å². The van der Waals surface area contributed by atoms with Crippen molar-refractivity contribution in [2.75, 3.05) is 13.2 Å². The van der Waals surface area contributed by atoms with Gasteiger partial charge in [0.2, 0.25) is 0 Å². The molecule has 1 aliphatic heterocycles. The van der Waals surface area contributed by atoms with Crippen LogP contribution in [0.1, 0.15) is 23.6 Å². The van der Waals surface area contributed by atoms with Crippen molar-refractivity contribution in [2.45, 2.75) is 49.8 Å². The van der Waals surface area contributed by atoms with Crippen LogP contribution in [-0.4, -0.2) is 52.8 Å². The fourth-order valence-electron chi connectivity index (χ4n) is 4.73. The van der Waals surface area contributed by atoms with Crippen molar-refractivity contribution in [3.63, 3.8) is 0 Å². The third-order valence-corrected chi connectivity index (χ3v) is 6.53. The first kappa shape index (κ1) is 25.1. The maximum Gasteiger partial charge on any atom is 0.338 e. The van der Waals surface area contributed by atoms with Gasteiger partial charge in [-0.1, -0.05) is 91.0 Å². The van der Waals surface area contributed by atoms with Crippen LogP contribution in [0.5, 0.6) is 0 Å². The molecular weight excluding hydrogens is 444 g/mol. The SMILES string of the molecule is CCOC(=O)[C@@H]1O[C@H](COCc2ccccc2)[C@](O)(Cc2ccccc2)[C@@]1(O)Cc1ccccc1. The molecule has 184 valence electrons. The van der Waals surface area contributed by atoms with Gasteiger partial charge in [-0.2, -0.15) is 0 Å². The maximum absolute atomic E-state index is 13.0. The molecule has 1 saturated heterocycles. The van der Waals surface area contributed by atoms with E-state index in [9.17, 15) is 15.0 Å². The number of carbonyl (C=O) groups is 1. The first-order chi connectivity index (χ1) is 17.0. The van der Waals surface area contributed by atoms with E-state index in [1.54, 1.807) is 6.92 Å². The Morgan fingerprint density at radius 2 is 1.29 bits per heavy atom. The van der Waals surface area contributed by atoms with E-state index in [0.29, 0.717) is 6.61 Å². The summed E-state index contributed by atoms with van der Waals surface area (Å²) in [5, 5.41) is 24.3. The summed E-state index contributed by atoms with van der Waals surface area (Å²) in [5.74, 6) is -0.706. The van der Waals surface area contributed by atoms with Crippen molar-refractivity contribution < 1.29 is 29.2 Å². The van der Waals surface area contributed by atoms with Crippen LogP contribution in [0.25, 0.3) is 0 Å². The molecule has 0 aliphatic carbocycles. The summed E-state index contributed by atoms with van der Waals surface area (Å²) in [7, 11) is 0. The maximum atomic E-state index is 13.0. The van der Waals surface area contributed by atoms with E-state index in [4.69, 9.17) is 14.2 Å². The number of ether oxygens (including phenoxy) is 3. The van der Waals surface area contributed by atoms with Gasteiger partial charge in [0.1, 0.15) is 17.3 Å². The lowest BCUT2D eigenvalue weighted by Crippen LogP contribution is -2.63. The third kappa shape index (κ3) is 5.46. The van der Waals surface area contributed by atoms with Crippen molar-refractivity contribution in [3.05, 3.63) is 108 Å². The number of hydrogen-bond acceptors (Lipinski definition) is 6. The number of benzene rings is 3. The Labute approximate surface area is 206 Å². The van der Waals surface area contributed by atoms with E-state index in [2.05, 4.69) is 0 Å². The normalized spacial score (nSPS) is 25.9. The predicted octanol–water partition coefficient (Wildman–Crippen LogP) is 3.48. The quantitative estimate of drug-likeness (QED) is 0.436. The van der Waals surface area contributed by atoms with Crippen molar-refractivity contribution in [1.29, 1.82) is 0 Å². The highest BCUT2D eigenvalue weighted by atomic mass is 16.6. The molecule has 1 aliphatic rings. The standard InChI is InChI=1S/C29H32O6/c1-2-34-27(30)26-29(32,19-23-14-8-4-9-15-23)28(31,18-22-12-6-3-7-13-22)25(35-26)21-33-20-24-16-10-5-11-17-24/h3-17,25-26,31-32H,2,18-21H2,1H3/t25-,26+,28-,29-/m1/s1. The Kier molecular flexibility index (Phi) is 7.98. The average molecular weight is 477 g/mol. The van der Waals surface area contributed by atoms with E-state index in [-0.39, 0.29) is 26.1 Å². The van der Waals surface area contributed by atoms with E-state index >= 15 is 0 Å². The van der Waals surface area contributed by atoms with Crippen LogP contribution in [0.4, 0.5) is 0 Å². The molecule has 2 N–H and O–H groups in total. The van der Waals surface area contributed by atoms with Gasteiger partial charge in [-0.25, -0.2) is 4.79 Å². The second-order valence-corrected chi connectivity index (χ2v) is 8.93. The van der Waals surface area contributed by atoms with Gasteiger partial charge in [0, 0.05) is 12.8 Å². The van der Waals surface area contributed by atoms with Crippen LogP contribution in [0.2, 0.25) is 0 Å². The number of carbonyl (C=O) groups excluding carboxylic acids is 1. The van der Waals surface area contributed by atoms with Gasteiger partial charge in [-0.15, -0.1) is 0 Å². The zero-order chi connectivity index (χ0) is 24.7. The van der Waals surface area contributed by atoms with Crippen molar-refractivity contribution in [1.82, 2.24) is 0 Å². The molecule has 0 spiro atoms. The molecule has 4 rings (SSSR count). The molecule has 1 fully saturated rings. The van der Waals surface area contributed by atoms with E-state index in [1.807, 2.05) is 91.0 Å². The minimum atomic E-state index is -1.95. The van der Waals surface area contributed by atoms with E-state index in [1.165, 1.54) is 0 Å². The summed E-state index contributed by atoms with van der Waals surface area (Å²) in [6.07, 6.45) is -2.25. The Balaban J connectivity index is 1.68. The second kappa shape index (κ2) is 11.1. The van der Waals surface area contributed by atoms with Crippen LogP contribution in [0.15, 0.2) is 91.0 Å². The van der Waals surface area contributed by atoms with E-state index < -0.39 is 29.4 Å². The smallest absolute Gasteiger partial charge is 0.338 e. The molecule has 6 heteroatoms. The summed E-state index contributed by atoms with van der Waals surface area (Å²) in [5.41, 5.74) is -1.22. The first-order valence-corrected chi connectivity index (χ1v) is 11.9. The monoisotopic (exact) mass is 476 g/mol. The van der Waals surface area contributed by atoms with Gasteiger partial charge in [0.05, 0.1) is 19.8 Å². The highest BCUT2D eigenvalue weighted by molar-refractivity contribution is 5.77. The zero-order valence-corrected chi connectivity index (χ0v) is 19.9. The summed E-state index contributed by atoms with van der Waals surface area (Å²) in [6, 6.07) is 28.3. The van der Waals surface area contributed by atoms with Crippen molar-refractivity contribution >= 4 is 5.97 Å². The highest BCUT2D eigenvalue weighted by Gasteiger charge is 2.67. The molecule has 0 radical (unpaired) electrons. The Hall–Kier alpha value is -3.03. The van der Waals surface area contributed by atoms with Gasteiger partial charge in [-0.05, 0) is 23.6 Å². The third-order valence-electron chi connectivity index (χ3n) is 6.53. The molecule has 0 bridgehead atoms. The summed E-state index contributed by atoms with van der Waals surface area (Å²) < 4.78 is 17.3. The Bertz CT molecular complexity index is 1070. The van der Waals surface area contributed by atoms with Crippen molar-refractivity contribution in [2.24, 2.45) is 0 Å². The van der Waals surface area contributed by atoms with Gasteiger partial charge in [0.15, 0.2) is 6.10 Å². The Morgan fingerprint density at radius 3 is 1.80 bits per heavy atom. The lowest BCUT2D eigenvalue weighted by molar-refractivity contribution is -0.174. The number of hydrogen-bond donors (Lipinski definition) is 2. The molecule has 6 nitrogen and oxygen atoms in total. The molecule has 0 unspecified atom stereocenters. The van der Waals surface area contributed by atoms with Gasteiger partial charge in [-0.3, -0.25) is 0 Å².